The highest BCUT2D eigenvalue weighted by molar-refractivity contribution is 5.12. The van der Waals surface area contributed by atoms with E-state index in [9.17, 15) is 20.4 Å². The van der Waals surface area contributed by atoms with Crippen molar-refractivity contribution >= 4 is 0 Å². The maximum atomic E-state index is 10.3. The standard InChI is InChI=1S/C12H20O6/c13-7-8(14)10-12(16,9(7)15)6-17-11(18-10)4-2-1-3-5-11/h7-10,13-16H,1-6H2. The van der Waals surface area contributed by atoms with Crippen molar-refractivity contribution in [3.63, 3.8) is 0 Å². The van der Waals surface area contributed by atoms with Crippen LogP contribution in [0.1, 0.15) is 32.1 Å². The summed E-state index contributed by atoms with van der Waals surface area (Å²) in [5.41, 5.74) is -1.72. The predicted octanol–water partition coefficient (Wildman–Crippen LogP) is -1.11. The molecule has 1 heterocycles. The minimum atomic E-state index is -1.72. The first kappa shape index (κ1) is 12.8. The maximum Gasteiger partial charge on any atom is 0.169 e. The molecule has 0 bridgehead atoms. The monoisotopic (exact) mass is 260 g/mol. The molecular weight excluding hydrogens is 240 g/mol. The Labute approximate surface area is 105 Å². The van der Waals surface area contributed by atoms with E-state index in [1.165, 1.54) is 0 Å². The molecule has 18 heavy (non-hydrogen) atoms. The Morgan fingerprint density at radius 3 is 2.28 bits per heavy atom. The lowest BCUT2D eigenvalue weighted by molar-refractivity contribution is -0.365. The number of aliphatic hydroxyl groups is 4. The van der Waals surface area contributed by atoms with Gasteiger partial charge in [-0.1, -0.05) is 6.42 Å². The number of hydrogen-bond acceptors (Lipinski definition) is 6. The van der Waals surface area contributed by atoms with Crippen LogP contribution in [0.5, 0.6) is 0 Å². The molecule has 5 unspecified atom stereocenters. The van der Waals surface area contributed by atoms with E-state index < -0.39 is 35.8 Å². The minimum Gasteiger partial charge on any atom is -0.387 e. The topological polar surface area (TPSA) is 99.4 Å². The lowest BCUT2D eigenvalue weighted by Crippen LogP contribution is -2.63. The molecular formula is C12H20O6. The van der Waals surface area contributed by atoms with E-state index in [1.54, 1.807) is 0 Å². The third-order valence-corrected chi connectivity index (χ3v) is 4.51. The summed E-state index contributed by atoms with van der Waals surface area (Å²) in [4.78, 5) is 0. The molecule has 4 N–H and O–H groups in total. The lowest BCUT2D eigenvalue weighted by Gasteiger charge is -2.48. The molecule has 6 heteroatoms. The van der Waals surface area contributed by atoms with E-state index in [0.717, 1.165) is 32.1 Å². The normalized spacial score (nSPS) is 51.3. The fourth-order valence-electron chi connectivity index (χ4n) is 3.33. The molecule has 5 atom stereocenters. The average molecular weight is 260 g/mol. The Morgan fingerprint density at radius 1 is 0.944 bits per heavy atom. The Hall–Kier alpha value is -0.240. The molecule has 104 valence electrons. The van der Waals surface area contributed by atoms with Crippen LogP contribution >= 0.6 is 0 Å². The molecule has 3 rings (SSSR count). The first-order chi connectivity index (χ1) is 8.49. The average Bonchev–Trinajstić information content (AvgIpc) is 2.55. The van der Waals surface area contributed by atoms with Crippen LogP contribution in [0.3, 0.4) is 0 Å². The molecule has 1 aliphatic heterocycles. The SMILES string of the molecule is OC1C(O)C2OC3(CCCCC3)OCC2(O)C1O. The van der Waals surface area contributed by atoms with E-state index in [0.29, 0.717) is 0 Å². The maximum absolute atomic E-state index is 10.3. The summed E-state index contributed by atoms with van der Waals surface area (Å²) in [6, 6.07) is 0. The summed E-state index contributed by atoms with van der Waals surface area (Å²) in [7, 11) is 0. The van der Waals surface area contributed by atoms with Crippen LogP contribution in [-0.2, 0) is 9.47 Å². The van der Waals surface area contributed by atoms with Crippen LogP contribution in [0.4, 0.5) is 0 Å². The molecule has 6 nitrogen and oxygen atoms in total. The van der Waals surface area contributed by atoms with Crippen LogP contribution in [0.15, 0.2) is 0 Å². The van der Waals surface area contributed by atoms with Gasteiger partial charge in [0.2, 0.25) is 0 Å². The molecule has 3 fully saturated rings. The van der Waals surface area contributed by atoms with Crippen molar-refractivity contribution in [2.45, 2.75) is 67.9 Å². The van der Waals surface area contributed by atoms with Gasteiger partial charge in [-0.15, -0.1) is 0 Å². The van der Waals surface area contributed by atoms with Crippen molar-refractivity contribution in [3.05, 3.63) is 0 Å². The lowest BCUT2D eigenvalue weighted by atomic mass is 9.90. The molecule has 0 aromatic carbocycles. The number of fused-ring (bicyclic) bond motifs is 1. The van der Waals surface area contributed by atoms with Gasteiger partial charge >= 0.3 is 0 Å². The summed E-state index contributed by atoms with van der Waals surface area (Å²) in [6.45, 7) is -0.118. The van der Waals surface area contributed by atoms with Gasteiger partial charge in [0.05, 0.1) is 6.61 Å². The van der Waals surface area contributed by atoms with Crippen molar-refractivity contribution in [1.29, 1.82) is 0 Å². The molecule has 0 amide bonds. The summed E-state index contributed by atoms with van der Waals surface area (Å²) in [6.07, 6.45) is -0.602. The van der Waals surface area contributed by atoms with Crippen molar-refractivity contribution in [1.82, 2.24) is 0 Å². The van der Waals surface area contributed by atoms with E-state index >= 15 is 0 Å². The number of rotatable bonds is 0. The smallest absolute Gasteiger partial charge is 0.169 e. The largest absolute Gasteiger partial charge is 0.387 e. The van der Waals surface area contributed by atoms with Gasteiger partial charge in [-0.2, -0.15) is 0 Å². The summed E-state index contributed by atoms with van der Waals surface area (Å²) in [5, 5.41) is 39.6. The second-order valence-electron chi connectivity index (χ2n) is 5.72. The fraction of sp³-hybridized carbons (Fsp3) is 1.00. The predicted molar refractivity (Wildman–Crippen MR) is 59.6 cm³/mol. The van der Waals surface area contributed by atoms with Gasteiger partial charge in [0.15, 0.2) is 5.79 Å². The second-order valence-corrected chi connectivity index (χ2v) is 5.72. The van der Waals surface area contributed by atoms with Crippen molar-refractivity contribution in [3.8, 4) is 0 Å². The first-order valence-electron chi connectivity index (χ1n) is 6.57. The quantitative estimate of drug-likeness (QED) is 0.441. The van der Waals surface area contributed by atoms with Gasteiger partial charge in [0, 0.05) is 12.8 Å². The van der Waals surface area contributed by atoms with Gasteiger partial charge in [-0.25, -0.2) is 0 Å². The third-order valence-electron chi connectivity index (χ3n) is 4.51. The number of aliphatic hydroxyl groups excluding tert-OH is 3. The van der Waals surface area contributed by atoms with Crippen LogP contribution in [0.2, 0.25) is 0 Å². The van der Waals surface area contributed by atoms with Crippen LogP contribution in [-0.4, -0.2) is 62.8 Å². The highest BCUT2D eigenvalue weighted by Crippen LogP contribution is 2.45. The van der Waals surface area contributed by atoms with E-state index in [4.69, 9.17) is 9.47 Å². The van der Waals surface area contributed by atoms with Crippen molar-refractivity contribution in [2.75, 3.05) is 6.61 Å². The molecule has 2 aliphatic carbocycles. The summed E-state index contributed by atoms with van der Waals surface area (Å²) >= 11 is 0. The van der Waals surface area contributed by atoms with Gasteiger partial charge in [-0.3, -0.25) is 0 Å². The molecule has 2 saturated carbocycles. The zero-order valence-corrected chi connectivity index (χ0v) is 10.2. The van der Waals surface area contributed by atoms with Crippen LogP contribution < -0.4 is 0 Å². The summed E-state index contributed by atoms with van der Waals surface area (Å²) < 4.78 is 11.4. The highest BCUT2D eigenvalue weighted by Gasteiger charge is 2.65. The molecule has 0 radical (unpaired) electrons. The molecule has 1 spiro atoms. The van der Waals surface area contributed by atoms with E-state index in [2.05, 4.69) is 0 Å². The molecule has 0 aromatic heterocycles. The van der Waals surface area contributed by atoms with Gasteiger partial charge in [0.25, 0.3) is 0 Å². The summed E-state index contributed by atoms with van der Waals surface area (Å²) in [5.74, 6) is -0.764. The fourth-order valence-corrected chi connectivity index (χ4v) is 3.33. The van der Waals surface area contributed by atoms with E-state index in [-0.39, 0.29) is 6.61 Å². The Balaban J connectivity index is 1.84. The Bertz CT molecular complexity index is 329. The minimum absolute atomic E-state index is 0.118. The second kappa shape index (κ2) is 4.13. The van der Waals surface area contributed by atoms with Crippen LogP contribution in [0, 0.1) is 0 Å². The van der Waals surface area contributed by atoms with Gasteiger partial charge in [0.1, 0.15) is 30.0 Å². The Kier molecular flexibility index (Phi) is 2.93. The number of ether oxygens (including phenoxy) is 2. The zero-order valence-electron chi connectivity index (χ0n) is 10.2. The third kappa shape index (κ3) is 1.64. The Morgan fingerprint density at radius 2 is 1.61 bits per heavy atom. The zero-order chi connectivity index (χ0) is 13.0. The first-order valence-corrected chi connectivity index (χ1v) is 6.57. The van der Waals surface area contributed by atoms with E-state index in [1.807, 2.05) is 0 Å². The molecule has 1 saturated heterocycles. The van der Waals surface area contributed by atoms with Gasteiger partial charge in [-0.05, 0) is 12.8 Å². The van der Waals surface area contributed by atoms with Crippen molar-refractivity contribution in [2.24, 2.45) is 0 Å². The molecule has 3 aliphatic rings. The molecule has 0 aromatic rings. The van der Waals surface area contributed by atoms with Crippen LogP contribution in [0.25, 0.3) is 0 Å². The highest BCUT2D eigenvalue weighted by atomic mass is 16.7. The van der Waals surface area contributed by atoms with Gasteiger partial charge < -0.3 is 29.9 Å². The number of hydrogen-bond donors (Lipinski definition) is 4. The van der Waals surface area contributed by atoms with Crippen molar-refractivity contribution < 1.29 is 29.9 Å².